The molecule has 2 aromatic rings. The number of carbonyl (C=O) groups is 1. The fourth-order valence-electron chi connectivity index (χ4n) is 1.86. The predicted molar refractivity (Wildman–Crippen MR) is 79.1 cm³/mol. The second kappa shape index (κ2) is 7.16. The van der Waals surface area contributed by atoms with Crippen molar-refractivity contribution in [3.63, 3.8) is 0 Å². The zero-order chi connectivity index (χ0) is 15.2. The van der Waals surface area contributed by atoms with Crippen molar-refractivity contribution >= 4 is 17.7 Å². The molecule has 0 radical (unpaired) electrons. The summed E-state index contributed by atoms with van der Waals surface area (Å²) in [4.78, 5) is 23.4. The van der Waals surface area contributed by atoms with E-state index in [-0.39, 0.29) is 23.4 Å². The summed E-state index contributed by atoms with van der Waals surface area (Å²) in [6, 6.07) is 3.40. The van der Waals surface area contributed by atoms with Gasteiger partial charge in [-0.1, -0.05) is 18.7 Å². The Morgan fingerprint density at radius 2 is 2.43 bits per heavy atom. The Kier molecular flexibility index (Phi) is 5.26. The number of amides is 1. The molecule has 2 rings (SSSR count). The van der Waals surface area contributed by atoms with Crippen molar-refractivity contribution in [2.24, 2.45) is 0 Å². The highest BCUT2D eigenvalue weighted by molar-refractivity contribution is 7.99. The molecule has 21 heavy (non-hydrogen) atoms. The van der Waals surface area contributed by atoms with E-state index in [0.717, 1.165) is 6.42 Å². The normalized spacial score (nSPS) is 12.3. The molecule has 0 fully saturated rings. The molecule has 1 atom stereocenters. The van der Waals surface area contributed by atoms with Crippen LogP contribution in [-0.2, 0) is 11.3 Å². The summed E-state index contributed by atoms with van der Waals surface area (Å²) in [5.41, 5.74) is -0.247. The molecule has 2 aromatic heterocycles. The molecule has 0 spiro atoms. The van der Waals surface area contributed by atoms with Crippen LogP contribution < -0.4 is 11.0 Å². The molecular formula is C13H18N4O3S. The van der Waals surface area contributed by atoms with Crippen molar-refractivity contribution in [3.8, 4) is 0 Å². The topological polar surface area (TPSA) is 92.9 Å². The highest BCUT2D eigenvalue weighted by atomic mass is 32.2. The second-order valence-electron chi connectivity index (χ2n) is 4.56. The van der Waals surface area contributed by atoms with E-state index in [4.69, 9.17) is 4.42 Å². The number of hydrogen-bond donors (Lipinski definition) is 2. The Morgan fingerprint density at radius 1 is 1.62 bits per heavy atom. The van der Waals surface area contributed by atoms with Crippen molar-refractivity contribution in [1.29, 1.82) is 0 Å². The zero-order valence-corrected chi connectivity index (χ0v) is 12.8. The van der Waals surface area contributed by atoms with Crippen molar-refractivity contribution in [3.05, 3.63) is 34.6 Å². The van der Waals surface area contributed by atoms with Gasteiger partial charge in [0.15, 0.2) is 5.16 Å². The number of nitrogens with one attached hydrogen (secondary N) is 2. The number of furan rings is 1. The lowest BCUT2D eigenvalue weighted by molar-refractivity contribution is -0.119. The minimum Gasteiger partial charge on any atom is -0.467 e. The van der Waals surface area contributed by atoms with Crippen LogP contribution in [0.3, 0.4) is 0 Å². The van der Waals surface area contributed by atoms with Gasteiger partial charge in [0, 0.05) is 6.54 Å². The molecule has 8 heteroatoms. The maximum atomic E-state index is 11.9. The fourth-order valence-corrected chi connectivity index (χ4v) is 2.64. The number of nitrogens with zero attached hydrogens (tertiary/aromatic N) is 2. The van der Waals surface area contributed by atoms with Gasteiger partial charge in [0.1, 0.15) is 5.76 Å². The Hall–Kier alpha value is -1.96. The van der Waals surface area contributed by atoms with E-state index < -0.39 is 0 Å². The first-order valence-corrected chi connectivity index (χ1v) is 7.71. The van der Waals surface area contributed by atoms with Crippen LogP contribution in [0, 0.1) is 0 Å². The molecule has 2 N–H and O–H groups in total. The van der Waals surface area contributed by atoms with Gasteiger partial charge >= 0.3 is 5.69 Å². The van der Waals surface area contributed by atoms with Crippen LogP contribution in [0.15, 0.2) is 32.8 Å². The number of thioether (sulfide) groups is 1. The molecule has 2 heterocycles. The molecule has 0 aliphatic carbocycles. The van der Waals surface area contributed by atoms with Gasteiger partial charge in [-0.3, -0.25) is 9.36 Å². The highest BCUT2D eigenvalue weighted by Crippen LogP contribution is 2.15. The van der Waals surface area contributed by atoms with Crippen LogP contribution in [0.2, 0.25) is 0 Å². The van der Waals surface area contributed by atoms with Gasteiger partial charge in [-0.15, -0.1) is 5.10 Å². The molecule has 0 aliphatic rings. The standard InChI is InChI=1S/C13H18N4O3S/c1-3-6-17-12(19)15-16-13(17)21-8-11(18)14-9(2)10-5-4-7-20-10/h4-5,7,9H,3,6,8H2,1-2H3,(H,14,18)(H,15,19)/t9-/m1/s1. The van der Waals surface area contributed by atoms with Crippen LogP contribution in [-0.4, -0.2) is 26.4 Å². The Labute approximate surface area is 126 Å². The maximum absolute atomic E-state index is 11.9. The first kappa shape index (κ1) is 15.4. The summed E-state index contributed by atoms with van der Waals surface area (Å²) in [5.74, 6) is 0.761. The molecular weight excluding hydrogens is 292 g/mol. The average Bonchev–Trinajstić information content (AvgIpc) is 3.09. The monoisotopic (exact) mass is 310 g/mol. The van der Waals surface area contributed by atoms with Crippen LogP contribution in [0.1, 0.15) is 32.1 Å². The van der Waals surface area contributed by atoms with Crippen LogP contribution in [0.4, 0.5) is 0 Å². The SMILES string of the molecule is CCCn1c(SCC(=O)N[C@H](C)c2ccco2)n[nH]c1=O. The number of hydrogen-bond acceptors (Lipinski definition) is 5. The van der Waals surface area contributed by atoms with Crippen LogP contribution >= 0.6 is 11.8 Å². The molecule has 1 amide bonds. The van der Waals surface area contributed by atoms with Gasteiger partial charge in [-0.25, -0.2) is 9.89 Å². The van der Waals surface area contributed by atoms with Gasteiger partial charge in [0.2, 0.25) is 5.91 Å². The molecule has 7 nitrogen and oxygen atoms in total. The average molecular weight is 310 g/mol. The van der Waals surface area contributed by atoms with Gasteiger partial charge < -0.3 is 9.73 Å². The first-order valence-electron chi connectivity index (χ1n) is 6.72. The number of aromatic nitrogens is 3. The van der Waals surface area contributed by atoms with Gasteiger partial charge in [-0.05, 0) is 25.5 Å². The van der Waals surface area contributed by atoms with Crippen molar-refractivity contribution in [2.75, 3.05) is 5.75 Å². The van der Waals surface area contributed by atoms with Crippen molar-refractivity contribution < 1.29 is 9.21 Å². The number of rotatable bonds is 7. The van der Waals surface area contributed by atoms with Gasteiger partial charge in [-0.2, -0.15) is 0 Å². The quantitative estimate of drug-likeness (QED) is 0.757. The van der Waals surface area contributed by atoms with Crippen molar-refractivity contribution in [2.45, 2.75) is 38.0 Å². The minimum absolute atomic E-state index is 0.137. The van der Waals surface area contributed by atoms with E-state index >= 15 is 0 Å². The van der Waals surface area contributed by atoms with E-state index in [2.05, 4.69) is 15.5 Å². The third-order valence-corrected chi connectivity index (χ3v) is 3.83. The summed E-state index contributed by atoms with van der Waals surface area (Å²) >= 11 is 1.23. The van der Waals surface area contributed by atoms with E-state index in [0.29, 0.717) is 17.5 Å². The molecule has 0 saturated heterocycles. The third kappa shape index (κ3) is 4.01. The van der Waals surface area contributed by atoms with Crippen LogP contribution in [0.25, 0.3) is 0 Å². The minimum atomic E-state index is -0.247. The molecule has 0 unspecified atom stereocenters. The zero-order valence-electron chi connectivity index (χ0n) is 12.0. The first-order chi connectivity index (χ1) is 10.1. The third-order valence-electron chi connectivity index (χ3n) is 2.85. The molecule has 114 valence electrons. The molecule has 0 bridgehead atoms. The number of aromatic amines is 1. The molecule has 0 aliphatic heterocycles. The largest absolute Gasteiger partial charge is 0.467 e. The summed E-state index contributed by atoms with van der Waals surface area (Å²) < 4.78 is 6.76. The Bertz CT molecular complexity index is 632. The smallest absolute Gasteiger partial charge is 0.343 e. The summed E-state index contributed by atoms with van der Waals surface area (Å²) in [6.07, 6.45) is 2.40. The fraction of sp³-hybridized carbons (Fsp3) is 0.462. The summed E-state index contributed by atoms with van der Waals surface area (Å²) in [6.45, 7) is 4.41. The molecule has 0 saturated carbocycles. The summed E-state index contributed by atoms with van der Waals surface area (Å²) in [7, 11) is 0. The number of H-pyrrole nitrogens is 1. The number of carbonyl (C=O) groups excluding carboxylic acids is 1. The Morgan fingerprint density at radius 3 is 3.10 bits per heavy atom. The highest BCUT2D eigenvalue weighted by Gasteiger charge is 2.14. The lowest BCUT2D eigenvalue weighted by Gasteiger charge is -2.11. The summed E-state index contributed by atoms with van der Waals surface area (Å²) in [5, 5.41) is 9.69. The Balaban J connectivity index is 1.88. The van der Waals surface area contributed by atoms with E-state index in [9.17, 15) is 9.59 Å². The van der Waals surface area contributed by atoms with E-state index in [1.807, 2.05) is 19.9 Å². The predicted octanol–water partition coefficient (Wildman–Crippen LogP) is 1.54. The van der Waals surface area contributed by atoms with Crippen LogP contribution in [0.5, 0.6) is 0 Å². The van der Waals surface area contributed by atoms with Crippen molar-refractivity contribution in [1.82, 2.24) is 20.1 Å². The van der Waals surface area contributed by atoms with E-state index in [1.165, 1.54) is 16.3 Å². The van der Waals surface area contributed by atoms with Gasteiger partial charge in [0.05, 0.1) is 18.1 Å². The lowest BCUT2D eigenvalue weighted by atomic mass is 10.2. The van der Waals surface area contributed by atoms with E-state index in [1.54, 1.807) is 12.3 Å². The maximum Gasteiger partial charge on any atom is 0.343 e. The lowest BCUT2D eigenvalue weighted by Crippen LogP contribution is -2.28. The second-order valence-corrected chi connectivity index (χ2v) is 5.50. The van der Waals surface area contributed by atoms with Gasteiger partial charge in [0.25, 0.3) is 0 Å². The molecule has 0 aromatic carbocycles.